The van der Waals surface area contributed by atoms with Crippen molar-refractivity contribution in [2.45, 2.75) is 147 Å². The molecule has 71 heavy (non-hydrogen) atoms. The summed E-state index contributed by atoms with van der Waals surface area (Å²) < 4.78 is 0. The maximum Gasteiger partial charge on any atom is 0.245 e. The largest absolute Gasteiger partial charge is 0.508 e. The Hall–Kier alpha value is -5.86. The molecule has 0 saturated heterocycles. The van der Waals surface area contributed by atoms with Gasteiger partial charge in [-0.15, -0.1) is 0 Å². The summed E-state index contributed by atoms with van der Waals surface area (Å²) in [5, 5.41) is 41.0. The van der Waals surface area contributed by atoms with Crippen LogP contribution in [0.3, 0.4) is 0 Å². The lowest BCUT2D eigenvalue weighted by Gasteiger charge is -2.30. The molecule has 0 bridgehead atoms. The quantitative estimate of drug-likeness (QED) is 0.0143. The first-order chi connectivity index (χ1) is 33.4. The van der Waals surface area contributed by atoms with Crippen LogP contribution in [-0.4, -0.2) is 148 Å². The summed E-state index contributed by atoms with van der Waals surface area (Å²) in [6, 6.07) is -4.55. The van der Waals surface area contributed by atoms with Gasteiger partial charge in [0, 0.05) is 31.4 Å². The number of phenolic OH excluding ortho intramolecular Hbond substituents is 1. The zero-order valence-corrected chi connectivity index (χ0v) is 43.2. The number of thiol groups is 2. The number of hydrogen-bond donors (Lipinski definition) is 16. The van der Waals surface area contributed by atoms with E-state index in [2.05, 4.69) is 72.8 Å². The van der Waals surface area contributed by atoms with E-state index in [0.717, 1.165) is 0 Å². The van der Waals surface area contributed by atoms with E-state index in [1.165, 1.54) is 38.1 Å². The summed E-state index contributed by atoms with van der Waals surface area (Å²) in [7, 11) is 0. The fraction of sp³-hybridized carbons (Fsp3) is 0.644. The third-order valence-corrected chi connectivity index (χ3v) is 11.8. The number of carbonyl (C=O) groups excluding carboxylic acids is 9. The van der Waals surface area contributed by atoms with Gasteiger partial charge in [0.25, 0.3) is 0 Å². The Bertz CT molecular complexity index is 1960. The zero-order chi connectivity index (χ0) is 54.0. The number of aliphatic hydroxyl groups is 1. The van der Waals surface area contributed by atoms with Crippen LogP contribution in [0.2, 0.25) is 0 Å². The minimum atomic E-state index is -1.67. The molecule has 0 spiro atoms. The van der Waals surface area contributed by atoms with Crippen molar-refractivity contribution < 1.29 is 53.4 Å². The minimum Gasteiger partial charge on any atom is -0.508 e. The number of rotatable bonds is 33. The average Bonchev–Trinajstić information content (AvgIpc) is 3.30. The van der Waals surface area contributed by atoms with Gasteiger partial charge in [0.1, 0.15) is 54.1 Å². The van der Waals surface area contributed by atoms with Crippen molar-refractivity contribution in [1.82, 2.24) is 42.5 Å². The lowest BCUT2D eigenvalue weighted by molar-refractivity contribution is -0.137. The second-order valence-electron chi connectivity index (χ2n) is 17.7. The predicted octanol–water partition coefficient (Wildman–Crippen LogP) is -3.17. The lowest BCUT2D eigenvalue weighted by Crippen LogP contribution is -2.63. The number of nitrogens with two attached hydrogens (primary N) is 4. The number of primary amides is 1. The van der Waals surface area contributed by atoms with E-state index in [-0.39, 0.29) is 74.3 Å². The standard InChI is InChI=1S/C45H77N13O11S2/c1-7-24(4)35(57-40(65)32(19-23(2)3)55-41(66)33(21-70)51-26(6)60)43(68)58-36(25(5)59)44(69)53-29(11-8-9-17-46)39(64)56-34(22-71)42(67)52-30(12-10-18-50-45(48)49)38(63)54-31(37(47)62)20-27-13-15-28(61)16-14-27/h13-16,23-25,29-36,59,61,70-71H,7-12,17-22,46H2,1-6H3,(H2,47,62)(H,51,60)(H,52,67)(H,53,69)(H,54,63)(H,55,66)(H,56,64)(H,57,65)(H,58,68)(H4,48,49,50)/t24-,25+,29-,30-,31-,32-,33+,34-,35-,36-/m0/s1. The Morgan fingerprint density at radius 2 is 1.06 bits per heavy atom. The van der Waals surface area contributed by atoms with Crippen LogP contribution in [0.4, 0.5) is 0 Å². The number of guanidine groups is 1. The van der Waals surface area contributed by atoms with E-state index >= 15 is 0 Å². The van der Waals surface area contributed by atoms with Gasteiger partial charge in [0.05, 0.1) is 6.10 Å². The van der Waals surface area contributed by atoms with Crippen molar-refractivity contribution in [2.75, 3.05) is 24.6 Å². The fourth-order valence-electron chi connectivity index (χ4n) is 6.92. The van der Waals surface area contributed by atoms with Gasteiger partial charge < -0.3 is 75.7 Å². The summed E-state index contributed by atoms with van der Waals surface area (Å²) in [5.41, 5.74) is 22.8. The molecule has 0 heterocycles. The zero-order valence-electron chi connectivity index (χ0n) is 41.4. The van der Waals surface area contributed by atoms with Crippen LogP contribution in [-0.2, 0) is 49.6 Å². The number of nitrogens with zero attached hydrogens (tertiary/aromatic N) is 1. The molecule has 1 aromatic carbocycles. The molecule has 0 fully saturated rings. The van der Waals surface area contributed by atoms with E-state index in [1.807, 2.05) is 13.8 Å². The number of aromatic hydroxyl groups is 1. The number of aliphatic hydroxyl groups excluding tert-OH is 1. The summed E-state index contributed by atoms with van der Waals surface area (Å²) in [4.78, 5) is 124. The van der Waals surface area contributed by atoms with E-state index in [1.54, 1.807) is 13.8 Å². The van der Waals surface area contributed by atoms with E-state index < -0.39 is 114 Å². The van der Waals surface area contributed by atoms with E-state index in [0.29, 0.717) is 24.8 Å². The van der Waals surface area contributed by atoms with Crippen LogP contribution in [0, 0.1) is 11.8 Å². The fourth-order valence-corrected chi connectivity index (χ4v) is 7.43. The second-order valence-corrected chi connectivity index (χ2v) is 18.4. The van der Waals surface area contributed by atoms with Crippen molar-refractivity contribution in [3.05, 3.63) is 29.8 Å². The van der Waals surface area contributed by atoms with E-state index in [9.17, 15) is 53.4 Å². The van der Waals surface area contributed by atoms with Crippen LogP contribution in [0.5, 0.6) is 5.75 Å². The van der Waals surface area contributed by atoms with Gasteiger partial charge in [-0.05, 0) is 81.5 Å². The number of benzene rings is 1. The molecule has 0 aliphatic rings. The number of amides is 9. The van der Waals surface area contributed by atoms with Gasteiger partial charge in [-0.3, -0.25) is 48.1 Å². The number of aliphatic imine (C=N–C) groups is 1. The Balaban J connectivity index is 3.37. The first-order valence-corrected chi connectivity index (χ1v) is 24.8. The van der Waals surface area contributed by atoms with Crippen molar-refractivity contribution in [2.24, 2.45) is 39.8 Å². The van der Waals surface area contributed by atoms with Crippen LogP contribution >= 0.6 is 25.3 Å². The number of hydrogen-bond acceptors (Lipinski definition) is 15. The highest BCUT2D eigenvalue weighted by atomic mass is 32.1. The number of unbranched alkanes of at least 4 members (excludes halogenated alkanes) is 1. The Labute approximate surface area is 426 Å². The van der Waals surface area contributed by atoms with Crippen LogP contribution in [0.1, 0.15) is 92.1 Å². The number of nitrogens with one attached hydrogen (secondary N) is 8. The molecule has 24 nitrogen and oxygen atoms in total. The maximum absolute atomic E-state index is 14.0. The smallest absolute Gasteiger partial charge is 0.245 e. The molecule has 0 aliphatic carbocycles. The van der Waals surface area contributed by atoms with Crippen molar-refractivity contribution in [3.63, 3.8) is 0 Å². The molecular weight excluding hydrogens is 963 g/mol. The molecular formula is C45H77N13O11S2. The molecule has 0 aliphatic heterocycles. The second kappa shape index (κ2) is 32.9. The highest BCUT2D eigenvalue weighted by Gasteiger charge is 2.37. The van der Waals surface area contributed by atoms with Crippen LogP contribution in [0.25, 0.3) is 0 Å². The minimum absolute atomic E-state index is 0.00789. The summed E-state index contributed by atoms with van der Waals surface area (Å²) in [6.45, 7) is 9.86. The molecule has 400 valence electrons. The molecule has 0 radical (unpaired) electrons. The Kier molecular flexibility index (Phi) is 29.3. The average molecular weight is 1040 g/mol. The normalized spacial score (nSPS) is 15.3. The Morgan fingerprint density at radius 1 is 0.606 bits per heavy atom. The molecule has 18 N–H and O–H groups in total. The first kappa shape index (κ1) is 63.2. The molecule has 0 saturated carbocycles. The molecule has 0 unspecified atom stereocenters. The number of carbonyl (C=O) groups is 9. The highest BCUT2D eigenvalue weighted by molar-refractivity contribution is 7.80. The third kappa shape index (κ3) is 23.7. The van der Waals surface area contributed by atoms with Crippen LogP contribution < -0.4 is 65.5 Å². The predicted molar refractivity (Wildman–Crippen MR) is 273 cm³/mol. The maximum atomic E-state index is 14.0. The highest BCUT2D eigenvalue weighted by Crippen LogP contribution is 2.14. The van der Waals surface area contributed by atoms with Gasteiger partial charge in [-0.2, -0.15) is 25.3 Å². The summed E-state index contributed by atoms with van der Waals surface area (Å²) in [5.74, 6) is -8.33. The molecule has 26 heteroatoms. The first-order valence-electron chi connectivity index (χ1n) is 23.5. The van der Waals surface area contributed by atoms with Crippen molar-refractivity contribution in [1.29, 1.82) is 0 Å². The van der Waals surface area contributed by atoms with Gasteiger partial charge in [0.15, 0.2) is 5.96 Å². The summed E-state index contributed by atoms with van der Waals surface area (Å²) in [6.07, 6.45) is -0.170. The van der Waals surface area contributed by atoms with Crippen LogP contribution in [0.15, 0.2) is 29.3 Å². The lowest BCUT2D eigenvalue weighted by atomic mass is 9.96. The topological polar surface area (TPSA) is 407 Å². The van der Waals surface area contributed by atoms with Crippen molar-refractivity contribution in [3.8, 4) is 5.75 Å². The van der Waals surface area contributed by atoms with Gasteiger partial charge >= 0.3 is 0 Å². The monoisotopic (exact) mass is 1040 g/mol. The molecule has 1 rings (SSSR count). The Morgan fingerprint density at radius 3 is 1.54 bits per heavy atom. The molecule has 1 aromatic rings. The molecule has 9 amide bonds. The third-order valence-electron chi connectivity index (χ3n) is 11.1. The van der Waals surface area contributed by atoms with Gasteiger partial charge in [-0.25, -0.2) is 0 Å². The molecule has 10 atom stereocenters. The summed E-state index contributed by atoms with van der Waals surface area (Å²) >= 11 is 8.40. The molecule has 0 aromatic heterocycles. The van der Waals surface area contributed by atoms with Gasteiger partial charge in [-0.1, -0.05) is 46.2 Å². The van der Waals surface area contributed by atoms with Gasteiger partial charge in [0.2, 0.25) is 53.2 Å². The van der Waals surface area contributed by atoms with Crippen molar-refractivity contribution >= 4 is 84.4 Å². The number of phenols is 1. The van der Waals surface area contributed by atoms with E-state index in [4.69, 9.17) is 22.9 Å². The SMILES string of the molecule is CC[C@H](C)[C@H](NC(=O)[C@H](CC(C)C)NC(=O)[C@@H](CS)NC(C)=O)C(=O)N[C@H](C(=O)N[C@@H](CCCCN)C(=O)N[C@@H](CS)C(=O)N[C@@H](CCCN=C(N)N)C(=O)N[C@@H](Cc1ccc(O)cc1)C(N)=O)[C@@H](C)O.